The fourth-order valence-electron chi connectivity index (χ4n) is 7.00. The van der Waals surface area contributed by atoms with Gasteiger partial charge in [0.2, 0.25) is 0 Å². The van der Waals surface area contributed by atoms with Gasteiger partial charge in [-0.3, -0.25) is 9.59 Å². The molecule has 8 atom stereocenters. The van der Waals surface area contributed by atoms with Crippen molar-refractivity contribution in [2.45, 2.75) is 129 Å². The van der Waals surface area contributed by atoms with E-state index in [0.717, 1.165) is 24.8 Å². The Bertz CT molecular complexity index is 930. The molecule has 2 aliphatic carbocycles. The highest BCUT2D eigenvalue weighted by Gasteiger charge is 2.51. The minimum Gasteiger partial charge on any atom is -0.456 e. The van der Waals surface area contributed by atoms with Crippen LogP contribution in [0, 0.1) is 29.6 Å². The molecule has 3 rings (SSSR count). The fourth-order valence-corrected chi connectivity index (χ4v) is 7.00. The molecule has 2 N–H and O–H groups in total. The van der Waals surface area contributed by atoms with Crippen molar-refractivity contribution in [2.75, 3.05) is 13.7 Å². The number of esters is 1. The second kappa shape index (κ2) is 13.9. The minimum absolute atomic E-state index is 0.0127. The van der Waals surface area contributed by atoms with E-state index in [0.29, 0.717) is 44.6 Å². The van der Waals surface area contributed by atoms with Crippen molar-refractivity contribution in [3.8, 4) is 0 Å². The molecule has 1 aliphatic heterocycles. The molecule has 0 aromatic carbocycles. The predicted molar refractivity (Wildman–Crippen MR) is 153 cm³/mol. The SMILES string of the molecule is CO[C@@H]1C[C@H](/C=C(\C)C(OC(=O)[C@@H]2CCCCN2C(=O)C(=O)[C@]2(O)C[C@H](C(C)C)CC[C@H]2C)C(C)C)CC[C@H]1O. The van der Waals surface area contributed by atoms with Crippen LogP contribution in [0.4, 0.5) is 0 Å². The third-order valence-electron chi connectivity index (χ3n) is 9.82. The highest BCUT2D eigenvalue weighted by atomic mass is 16.5. The van der Waals surface area contributed by atoms with E-state index in [1.807, 2.05) is 27.7 Å². The van der Waals surface area contributed by atoms with Crippen molar-refractivity contribution in [1.29, 1.82) is 0 Å². The molecule has 8 nitrogen and oxygen atoms in total. The molecule has 8 heteroatoms. The minimum atomic E-state index is -1.70. The lowest BCUT2D eigenvalue weighted by molar-refractivity contribution is -0.170. The molecule has 0 radical (unpaired) electrons. The third-order valence-corrected chi connectivity index (χ3v) is 9.82. The van der Waals surface area contributed by atoms with Gasteiger partial charge in [-0.2, -0.15) is 0 Å². The Balaban J connectivity index is 1.74. The topological polar surface area (TPSA) is 113 Å². The number of amides is 1. The maximum absolute atomic E-state index is 13.6. The summed E-state index contributed by atoms with van der Waals surface area (Å²) in [6.45, 7) is 12.3. The average Bonchev–Trinajstić information content (AvgIpc) is 2.92. The smallest absolute Gasteiger partial charge is 0.329 e. The van der Waals surface area contributed by atoms with Crippen LogP contribution in [0.15, 0.2) is 11.6 Å². The summed E-state index contributed by atoms with van der Waals surface area (Å²) in [4.78, 5) is 42.1. The first-order chi connectivity index (χ1) is 18.8. The van der Waals surface area contributed by atoms with Gasteiger partial charge in [-0.25, -0.2) is 4.79 Å². The van der Waals surface area contributed by atoms with Gasteiger partial charge in [0, 0.05) is 13.7 Å². The lowest BCUT2D eigenvalue weighted by atomic mass is 9.66. The molecule has 0 aromatic rings. The first kappa shape index (κ1) is 32.7. The van der Waals surface area contributed by atoms with Crippen LogP contribution in [-0.4, -0.2) is 76.4 Å². The molecular formula is C32H53NO7. The van der Waals surface area contributed by atoms with E-state index in [-0.39, 0.29) is 36.2 Å². The van der Waals surface area contributed by atoms with Gasteiger partial charge in [0.25, 0.3) is 11.7 Å². The Morgan fingerprint density at radius 1 is 1.02 bits per heavy atom. The van der Waals surface area contributed by atoms with E-state index in [1.54, 1.807) is 7.11 Å². The van der Waals surface area contributed by atoms with Crippen molar-refractivity contribution < 1.29 is 34.1 Å². The molecule has 0 aromatic heterocycles. The number of methoxy groups -OCH3 is 1. The Morgan fingerprint density at radius 2 is 1.73 bits per heavy atom. The Hall–Kier alpha value is -1.77. The Kier molecular flexibility index (Phi) is 11.4. The molecule has 228 valence electrons. The van der Waals surface area contributed by atoms with Crippen LogP contribution in [0.1, 0.15) is 99.3 Å². The Morgan fingerprint density at radius 3 is 2.35 bits per heavy atom. The molecule has 2 saturated carbocycles. The number of hydrogen-bond donors (Lipinski definition) is 2. The third kappa shape index (κ3) is 7.35. The van der Waals surface area contributed by atoms with Crippen molar-refractivity contribution in [3.05, 3.63) is 11.6 Å². The van der Waals surface area contributed by atoms with Gasteiger partial charge in [-0.15, -0.1) is 0 Å². The van der Waals surface area contributed by atoms with Crippen molar-refractivity contribution in [2.24, 2.45) is 29.6 Å². The summed E-state index contributed by atoms with van der Waals surface area (Å²) in [6.07, 6.45) is 7.00. The van der Waals surface area contributed by atoms with Gasteiger partial charge in [0.05, 0.1) is 12.2 Å². The standard InChI is InChI=1S/C32H53NO7/c1-19(2)24-13-11-22(6)32(38,18-24)29(35)30(36)33-15-9-8-10-25(33)31(37)40-28(20(3)4)21(5)16-23-12-14-26(34)27(17-23)39-7/h16,19-20,22-28,34,38H,8-15,17-18H2,1-7H3/b21-16+/t22-,23+,24-,25+,26-,27-,28?,32+/m1/s1. The first-order valence-corrected chi connectivity index (χ1v) is 15.5. The van der Waals surface area contributed by atoms with Crippen LogP contribution >= 0.6 is 0 Å². The first-order valence-electron chi connectivity index (χ1n) is 15.5. The zero-order chi connectivity index (χ0) is 29.8. The summed E-state index contributed by atoms with van der Waals surface area (Å²) in [5, 5.41) is 21.7. The number of aliphatic hydroxyl groups is 2. The van der Waals surface area contributed by atoms with Gasteiger partial charge in [0.1, 0.15) is 17.7 Å². The second-order valence-corrected chi connectivity index (χ2v) is 13.4. The van der Waals surface area contributed by atoms with E-state index in [1.165, 1.54) is 4.90 Å². The maximum Gasteiger partial charge on any atom is 0.329 e. The molecule has 1 unspecified atom stereocenters. The van der Waals surface area contributed by atoms with Crippen LogP contribution in [0.3, 0.4) is 0 Å². The summed E-state index contributed by atoms with van der Waals surface area (Å²) in [5.74, 6) is -1.65. The van der Waals surface area contributed by atoms with Gasteiger partial charge >= 0.3 is 5.97 Å². The number of hydrogen-bond acceptors (Lipinski definition) is 7. The number of ether oxygens (including phenoxy) is 2. The zero-order valence-corrected chi connectivity index (χ0v) is 25.7. The van der Waals surface area contributed by atoms with Crippen LogP contribution in [0.25, 0.3) is 0 Å². The van der Waals surface area contributed by atoms with Crippen LogP contribution in [-0.2, 0) is 23.9 Å². The van der Waals surface area contributed by atoms with Crippen molar-refractivity contribution >= 4 is 17.7 Å². The number of carbonyl (C=O) groups excluding carboxylic acids is 3. The van der Waals surface area contributed by atoms with Gasteiger partial charge < -0.3 is 24.6 Å². The summed E-state index contributed by atoms with van der Waals surface area (Å²) >= 11 is 0. The molecule has 40 heavy (non-hydrogen) atoms. The molecule has 0 bridgehead atoms. The van der Waals surface area contributed by atoms with Crippen molar-refractivity contribution in [3.63, 3.8) is 0 Å². The van der Waals surface area contributed by atoms with E-state index in [2.05, 4.69) is 19.9 Å². The normalized spacial score (nSPS) is 34.6. The van der Waals surface area contributed by atoms with Gasteiger partial charge in [-0.1, -0.05) is 40.7 Å². The van der Waals surface area contributed by atoms with Crippen LogP contribution in [0.5, 0.6) is 0 Å². The number of ketones is 1. The quantitative estimate of drug-likeness (QED) is 0.242. The van der Waals surface area contributed by atoms with Gasteiger partial charge in [0.15, 0.2) is 0 Å². The van der Waals surface area contributed by atoms with E-state index >= 15 is 0 Å². The monoisotopic (exact) mass is 563 g/mol. The molecule has 1 heterocycles. The number of allylic oxidation sites excluding steroid dienone is 1. The molecule has 0 spiro atoms. The van der Waals surface area contributed by atoms with Crippen LogP contribution < -0.4 is 0 Å². The summed E-state index contributed by atoms with van der Waals surface area (Å²) in [7, 11) is 1.61. The van der Waals surface area contributed by atoms with E-state index < -0.39 is 41.5 Å². The lowest BCUT2D eigenvalue weighted by Gasteiger charge is -2.43. The summed E-state index contributed by atoms with van der Waals surface area (Å²) < 4.78 is 11.5. The average molecular weight is 564 g/mol. The Labute approximate surface area is 240 Å². The number of carbonyl (C=O) groups is 3. The largest absolute Gasteiger partial charge is 0.456 e. The number of likely N-dealkylation sites (tertiary alicyclic amines) is 1. The fraction of sp³-hybridized carbons (Fsp3) is 0.844. The van der Waals surface area contributed by atoms with Crippen LogP contribution in [0.2, 0.25) is 0 Å². The number of piperidine rings is 1. The lowest BCUT2D eigenvalue weighted by Crippen LogP contribution is -2.59. The summed E-state index contributed by atoms with van der Waals surface area (Å²) in [6, 6.07) is -0.842. The highest BCUT2D eigenvalue weighted by Crippen LogP contribution is 2.41. The molecule has 1 amide bonds. The number of Topliss-reactive ketones (excluding diaryl/α,β-unsaturated/α-hetero) is 1. The van der Waals surface area contributed by atoms with E-state index in [4.69, 9.17) is 9.47 Å². The number of aliphatic hydroxyl groups excluding tert-OH is 1. The molecular weight excluding hydrogens is 510 g/mol. The number of rotatable bonds is 9. The van der Waals surface area contributed by atoms with Gasteiger partial charge in [-0.05, 0) is 99.9 Å². The molecule has 3 fully saturated rings. The second-order valence-electron chi connectivity index (χ2n) is 13.4. The highest BCUT2D eigenvalue weighted by molar-refractivity contribution is 6.39. The van der Waals surface area contributed by atoms with E-state index in [9.17, 15) is 24.6 Å². The predicted octanol–water partition coefficient (Wildman–Crippen LogP) is 4.45. The maximum atomic E-state index is 13.6. The van der Waals surface area contributed by atoms with Crippen molar-refractivity contribution in [1.82, 2.24) is 4.90 Å². The summed E-state index contributed by atoms with van der Waals surface area (Å²) in [5.41, 5.74) is -0.765. The molecule has 1 saturated heterocycles. The molecule has 3 aliphatic rings. The number of nitrogens with zero attached hydrogens (tertiary/aromatic N) is 1. The zero-order valence-electron chi connectivity index (χ0n) is 25.7.